The van der Waals surface area contributed by atoms with Gasteiger partial charge in [-0.05, 0) is 12.0 Å². The fraction of sp³-hybridized carbons (Fsp3) is 0.467. The van der Waals surface area contributed by atoms with Gasteiger partial charge in [0.1, 0.15) is 5.84 Å². The predicted octanol–water partition coefficient (Wildman–Crippen LogP) is 1.07. The second kappa shape index (κ2) is 7.08. The van der Waals surface area contributed by atoms with Gasteiger partial charge in [0, 0.05) is 38.5 Å². The molecule has 1 amide bonds. The number of oxime groups is 1. The Bertz CT molecular complexity index is 504. The molecule has 2 rings (SSSR count). The summed E-state index contributed by atoms with van der Waals surface area (Å²) in [6, 6.07) is 10.1. The molecule has 0 saturated carbocycles. The molecule has 0 bridgehead atoms. The van der Waals surface area contributed by atoms with Crippen LogP contribution in [0.15, 0.2) is 35.5 Å². The van der Waals surface area contributed by atoms with Gasteiger partial charge in [0.05, 0.1) is 0 Å². The molecule has 2 atom stereocenters. The van der Waals surface area contributed by atoms with Gasteiger partial charge in [0.25, 0.3) is 0 Å². The van der Waals surface area contributed by atoms with Crippen LogP contribution in [-0.4, -0.2) is 41.5 Å². The quantitative estimate of drug-likeness (QED) is 0.327. The number of amides is 1. The monoisotopic (exact) mass is 290 g/mol. The summed E-state index contributed by atoms with van der Waals surface area (Å²) in [6.45, 7) is 0.679. The van der Waals surface area contributed by atoms with E-state index in [-0.39, 0.29) is 23.8 Å². The number of nitrogens with one attached hydrogen (secondary N) is 1. The molecule has 0 aliphatic carbocycles. The molecule has 0 spiro atoms. The SMILES string of the molecule is CN1CC(NC(CC(N)=NO)c2ccccc2)CCC1=O. The molecule has 6 heteroatoms. The van der Waals surface area contributed by atoms with Gasteiger partial charge in [-0.25, -0.2) is 0 Å². The lowest BCUT2D eigenvalue weighted by Gasteiger charge is -2.33. The summed E-state index contributed by atoms with van der Waals surface area (Å²) in [5, 5.41) is 15.4. The van der Waals surface area contributed by atoms with E-state index in [0.29, 0.717) is 19.4 Å². The summed E-state index contributed by atoms with van der Waals surface area (Å²) in [6.07, 6.45) is 1.79. The average Bonchev–Trinajstić information content (AvgIpc) is 2.51. The maximum absolute atomic E-state index is 11.5. The number of hydrogen-bond acceptors (Lipinski definition) is 4. The molecule has 114 valence electrons. The Hall–Kier alpha value is -2.08. The van der Waals surface area contributed by atoms with E-state index in [9.17, 15) is 4.79 Å². The number of nitrogens with two attached hydrogens (primary N) is 1. The summed E-state index contributed by atoms with van der Waals surface area (Å²) in [5.41, 5.74) is 6.75. The van der Waals surface area contributed by atoms with Crippen LogP contribution in [0.25, 0.3) is 0 Å². The first-order valence-electron chi connectivity index (χ1n) is 7.11. The summed E-state index contributed by atoms with van der Waals surface area (Å²) >= 11 is 0. The van der Waals surface area contributed by atoms with Gasteiger partial charge >= 0.3 is 0 Å². The van der Waals surface area contributed by atoms with Gasteiger partial charge in [-0.2, -0.15) is 0 Å². The van der Waals surface area contributed by atoms with Crippen LogP contribution in [-0.2, 0) is 4.79 Å². The first kappa shape index (κ1) is 15.3. The summed E-state index contributed by atoms with van der Waals surface area (Å²) in [7, 11) is 1.82. The molecular formula is C15H22N4O2. The number of carbonyl (C=O) groups is 1. The van der Waals surface area contributed by atoms with E-state index in [0.717, 1.165) is 12.0 Å². The third-order valence-corrected chi connectivity index (χ3v) is 3.81. The molecule has 0 radical (unpaired) electrons. The maximum Gasteiger partial charge on any atom is 0.222 e. The topological polar surface area (TPSA) is 90.9 Å². The van der Waals surface area contributed by atoms with Crippen molar-refractivity contribution in [2.75, 3.05) is 13.6 Å². The number of benzene rings is 1. The molecule has 1 aromatic rings. The number of amidine groups is 1. The van der Waals surface area contributed by atoms with Gasteiger partial charge in [-0.3, -0.25) is 4.79 Å². The van der Waals surface area contributed by atoms with E-state index in [1.807, 2.05) is 37.4 Å². The Kier molecular flexibility index (Phi) is 5.16. The molecule has 21 heavy (non-hydrogen) atoms. The van der Waals surface area contributed by atoms with Crippen molar-refractivity contribution in [3.63, 3.8) is 0 Å². The lowest BCUT2D eigenvalue weighted by Crippen LogP contribution is -2.48. The Labute approximate surface area is 124 Å². The number of nitrogens with zero attached hydrogens (tertiary/aromatic N) is 2. The van der Waals surface area contributed by atoms with Crippen LogP contribution in [0.5, 0.6) is 0 Å². The highest BCUT2D eigenvalue weighted by atomic mass is 16.4. The smallest absolute Gasteiger partial charge is 0.222 e. The third-order valence-electron chi connectivity index (χ3n) is 3.81. The van der Waals surface area contributed by atoms with E-state index >= 15 is 0 Å². The first-order chi connectivity index (χ1) is 10.1. The zero-order chi connectivity index (χ0) is 15.2. The van der Waals surface area contributed by atoms with Gasteiger partial charge in [-0.1, -0.05) is 35.5 Å². The standard InChI is InChI=1S/C15H22N4O2/c1-19-10-12(7-8-15(19)20)17-13(9-14(16)18-21)11-5-3-2-4-6-11/h2-6,12-13,17,21H,7-10H2,1H3,(H2,16,18). The van der Waals surface area contributed by atoms with Gasteiger partial charge in [0.15, 0.2) is 0 Å². The average molecular weight is 290 g/mol. The zero-order valence-electron chi connectivity index (χ0n) is 12.2. The Morgan fingerprint density at radius 2 is 2.24 bits per heavy atom. The van der Waals surface area contributed by atoms with E-state index in [2.05, 4.69) is 10.5 Å². The highest BCUT2D eigenvalue weighted by Crippen LogP contribution is 2.20. The molecule has 1 aromatic carbocycles. The van der Waals surface area contributed by atoms with E-state index in [1.54, 1.807) is 4.90 Å². The predicted molar refractivity (Wildman–Crippen MR) is 81.0 cm³/mol. The fourth-order valence-electron chi connectivity index (χ4n) is 2.64. The Morgan fingerprint density at radius 1 is 1.52 bits per heavy atom. The van der Waals surface area contributed by atoms with Gasteiger partial charge < -0.3 is 21.2 Å². The molecule has 4 N–H and O–H groups in total. The second-order valence-electron chi connectivity index (χ2n) is 5.44. The molecular weight excluding hydrogens is 268 g/mol. The molecule has 1 saturated heterocycles. The third kappa shape index (κ3) is 4.19. The molecule has 6 nitrogen and oxygen atoms in total. The van der Waals surface area contributed by atoms with Crippen molar-refractivity contribution in [3.05, 3.63) is 35.9 Å². The van der Waals surface area contributed by atoms with Crippen molar-refractivity contribution in [1.82, 2.24) is 10.2 Å². The van der Waals surface area contributed by atoms with Gasteiger partial charge in [0.2, 0.25) is 5.91 Å². The Morgan fingerprint density at radius 3 is 2.86 bits per heavy atom. The van der Waals surface area contributed by atoms with E-state index in [4.69, 9.17) is 10.9 Å². The first-order valence-corrected chi connectivity index (χ1v) is 7.11. The van der Waals surface area contributed by atoms with Crippen molar-refractivity contribution in [2.45, 2.75) is 31.3 Å². The minimum absolute atomic E-state index is 0.0336. The van der Waals surface area contributed by atoms with E-state index in [1.165, 1.54) is 0 Å². The van der Waals surface area contributed by atoms with Crippen LogP contribution in [0.2, 0.25) is 0 Å². The fourth-order valence-corrected chi connectivity index (χ4v) is 2.64. The maximum atomic E-state index is 11.5. The van der Waals surface area contributed by atoms with Gasteiger partial charge in [-0.15, -0.1) is 0 Å². The van der Waals surface area contributed by atoms with Crippen LogP contribution in [0.1, 0.15) is 30.9 Å². The molecule has 1 aliphatic rings. The minimum Gasteiger partial charge on any atom is -0.409 e. The lowest BCUT2D eigenvalue weighted by atomic mass is 9.99. The number of carbonyl (C=O) groups excluding carboxylic acids is 1. The summed E-state index contributed by atoms with van der Waals surface area (Å²) in [4.78, 5) is 13.3. The lowest BCUT2D eigenvalue weighted by molar-refractivity contribution is -0.132. The normalized spacial score (nSPS) is 21.4. The van der Waals surface area contributed by atoms with Crippen molar-refractivity contribution < 1.29 is 10.0 Å². The summed E-state index contributed by atoms with van der Waals surface area (Å²) in [5.74, 6) is 0.373. The number of rotatable bonds is 5. The van der Waals surface area contributed by atoms with Crippen LogP contribution in [0, 0.1) is 0 Å². The molecule has 2 unspecified atom stereocenters. The number of piperidine rings is 1. The van der Waals surface area contributed by atoms with Crippen LogP contribution in [0.3, 0.4) is 0 Å². The molecule has 0 aromatic heterocycles. The highest BCUT2D eigenvalue weighted by molar-refractivity contribution is 5.80. The largest absolute Gasteiger partial charge is 0.409 e. The van der Waals surface area contributed by atoms with Crippen molar-refractivity contribution in [1.29, 1.82) is 0 Å². The molecule has 1 fully saturated rings. The highest BCUT2D eigenvalue weighted by Gasteiger charge is 2.25. The number of likely N-dealkylation sites (tertiary alicyclic amines) is 1. The van der Waals surface area contributed by atoms with Crippen molar-refractivity contribution >= 4 is 11.7 Å². The number of likely N-dealkylation sites (N-methyl/N-ethyl adjacent to an activating group) is 1. The summed E-state index contributed by atoms with van der Waals surface area (Å²) < 4.78 is 0. The van der Waals surface area contributed by atoms with Crippen LogP contribution in [0.4, 0.5) is 0 Å². The number of hydrogen-bond donors (Lipinski definition) is 3. The molecule has 1 aliphatic heterocycles. The van der Waals surface area contributed by atoms with E-state index < -0.39 is 0 Å². The second-order valence-corrected chi connectivity index (χ2v) is 5.44. The zero-order valence-corrected chi connectivity index (χ0v) is 12.2. The molecule has 1 heterocycles. The van der Waals surface area contributed by atoms with Crippen molar-refractivity contribution in [3.8, 4) is 0 Å². The Balaban J connectivity index is 2.07. The van der Waals surface area contributed by atoms with Crippen molar-refractivity contribution in [2.24, 2.45) is 10.9 Å². The van der Waals surface area contributed by atoms with Crippen LogP contribution < -0.4 is 11.1 Å². The minimum atomic E-state index is -0.0336. The van der Waals surface area contributed by atoms with Crippen LogP contribution >= 0.6 is 0 Å².